The van der Waals surface area contributed by atoms with E-state index < -0.39 is 0 Å². The normalized spacial score (nSPS) is 16.9. The van der Waals surface area contributed by atoms with Crippen molar-refractivity contribution in [3.63, 3.8) is 0 Å². The highest BCUT2D eigenvalue weighted by Crippen LogP contribution is 2.39. The first-order chi connectivity index (χ1) is 9.56. The third-order valence-corrected chi connectivity index (χ3v) is 5.76. The van der Waals surface area contributed by atoms with Crippen LogP contribution in [0, 0.1) is 0 Å². The van der Waals surface area contributed by atoms with E-state index >= 15 is 0 Å². The van der Waals surface area contributed by atoms with E-state index in [2.05, 4.69) is 12.2 Å². The third-order valence-electron chi connectivity index (χ3n) is 4.27. The lowest BCUT2D eigenvalue weighted by Gasteiger charge is -2.41. The Labute approximate surface area is 127 Å². The van der Waals surface area contributed by atoms with Crippen molar-refractivity contribution in [2.45, 2.75) is 38.1 Å². The van der Waals surface area contributed by atoms with Crippen LogP contribution in [0.4, 0.5) is 5.69 Å². The molecule has 106 valence electrons. The maximum atomic E-state index is 12.5. The molecule has 1 aliphatic rings. The smallest absolute Gasteiger partial charge is 0.263 e. The standard InChI is InChI=1S/C15H17ClN2OS/c1-2-15(7-4-8-15)18-14(19)13-12(17)11-9(16)5-3-6-10(11)20-13/h3,5-6H,2,4,7-8,17H2,1H3,(H,18,19). The number of hydrogen-bond acceptors (Lipinski definition) is 3. The van der Waals surface area contributed by atoms with Crippen molar-refractivity contribution < 1.29 is 4.79 Å². The van der Waals surface area contributed by atoms with Crippen LogP contribution in [0.5, 0.6) is 0 Å². The molecule has 1 aromatic heterocycles. The average molecular weight is 309 g/mol. The zero-order valence-corrected chi connectivity index (χ0v) is 12.9. The van der Waals surface area contributed by atoms with E-state index in [1.807, 2.05) is 12.1 Å². The van der Waals surface area contributed by atoms with Crippen molar-refractivity contribution in [2.75, 3.05) is 5.73 Å². The number of anilines is 1. The molecule has 0 saturated heterocycles. The number of halogens is 1. The zero-order valence-electron chi connectivity index (χ0n) is 11.3. The number of fused-ring (bicyclic) bond motifs is 1. The molecule has 1 amide bonds. The predicted molar refractivity (Wildman–Crippen MR) is 85.6 cm³/mol. The van der Waals surface area contributed by atoms with E-state index in [1.54, 1.807) is 6.07 Å². The number of carbonyl (C=O) groups excluding carboxylic acids is 1. The first-order valence-corrected chi connectivity index (χ1v) is 8.05. The minimum atomic E-state index is -0.0682. The largest absolute Gasteiger partial charge is 0.397 e. The summed E-state index contributed by atoms with van der Waals surface area (Å²) in [6.45, 7) is 2.12. The van der Waals surface area contributed by atoms with E-state index in [9.17, 15) is 4.79 Å². The highest BCUT2D eigenvalue weighted by molar-refractivity contribution is 7.21. The van der Waals surface area contributed by atoms with Gasteiger partial charge in [-0.15, -0.1) is 11.3 Å². The lowest BCUT2D eigenvalue weighted by atomic mass is 9.75. The van der Waals surface area contributed by atoms with Crippen molar-refractivity contribution in [1.29, 1.82) is 0 Å². The van der Waals surface area contributed by atoms with Gasteiger partial charge in [0.25, 0.3) is 5.91 Å². The number of nitrogens with two attached hydrogens (primary N) is 1. The summed E-state index contributed by atoms with van der Waals surface area (Å²) in [6.07, 6.45) is 4.26. The van der Waals surface area contributed by atoms with Gasteiger partial charge in [0.2, 0.25) is 0 Å². The number of thiophene rings is 1. The molecule has 0 aliphatic heterocycles. The van der Waals surface area contributed by atoms with Gasteiger partial charge in [-0.25, -0.2) is 0 Å². The monoisotopic (exact) mass is 308 g/mol. The van der Waals surface area contributed by atoms with Crippen LogP contribution in [-0.2, 0) is 0 Å². The van der Waals surface area contributed by atoms with E-state index in [0.29, 0.717) is 15.6 Å². The minimum absolute atomic E-state index is 0.0243. The van der Waals surface area contributed by atoms with Crippen molar-refractivity contribution in [3.8, 4) is 0 Å². The fraction of sp³-hybridized carbons (Fsp3) is 0.400. The molecule has 0 radical (unpaired) electrons. The maximum absolute atomic E-state index is 12.5. The van der Waals surface area contributed by atoms with Gasteiger partial charge >= 0.3 is 0 Å². The van der Waals surface area contributed by atoms with Crippen LogP contribution in [0.3, 0.4) is 0 Å². The quantitative estimate of drug-likeness (QED) is 0.893. The van der Waals surface area contributed by atoms with Gasteiger partial charge in [-0.3, -0.25) is 4.79 Å². The van der Waals surface area contributed by atoms with Crippen molar-refractivity contribution in [2.24, 2.45) is 0 Å². The lowest BCUT2D eigenvalue weighted by molar-refractivity contribution is 0.0825. The molecule has 1 heterocycles. The molecule has 1 aromatic carbocycles. The van der Waals surface area contributed by atoms with E-state index in [4.69, 9.17) is 17.3 Å². The fourth-order valence-electron chi connectivity index (χ4n) is 2.77. The number of hydrogen-bond donors (Lipinski definition) is 2. The first-order valence-electron chi connectivity index (χ1n) is 6.85. The second-order valence-electron chi connectivity index (χ2n) is 5.40. The predicted octanol–water partition coefficient (Wildman–Crippen LogP) is 4.20. The SMILES string of the molecule is CCC1(NC(=O)c2sc3cccc(Cl)c3c2N)CCC1. The van der Waals surface area contributed by atoms with Crippen molar-refractivity contribution >= 4 is 44.6 Å². The Morgan fingerprint density at radius 2 is 2.25 bits per heavy atom. The Bertz CT molecular complexity index is 670. The Morgan fingerprint density at radius 1 is 1.50 bits per heavy atom. The summed E-state index contributed by atoms with van der Waals surface area (Å²) in [5, 5.41) is 4.56. The molecule has 1 aliphatic carbocycles. The zero-order chi connectivity index (χ0) is 14.3. The summed E-state index contributed by atoms with van der Waals surface area (Å²) in [7, 11) is 0. The summed E-state index contributed by atoms with van der Waals surface area (Å²) in [5.41, 5.74) is 6.60. The highest BCUT2D eigenvalue weighted by Gasteiger charge is 2.37. The van der Waals surface area contributed by atoms with Gasteiger partial charge in [0, 0.05) is 15.6 Å². The number of rotatable bonds is 3. The Morgan fingerprint density at radius 3 is 2.80 bits per heavy atom. The summed E-state index contributed by atoms with van der Waals surface area (Å²) in [5.74, 6) is -0.0682. The molecule has 0 unspecified atom stereocenters. The molecule has 3 N–H and O–H groups in total. The minimum Gasteiger partial charge on any atom is -0.397 e. The second kappa shape index (κ2) is 4.93. The van der Waals surface area contributed by atoms with Gasteiger partial charge < -0.3 is 11.1 Å². The Balaban J connectivity index is 1.96. The van der Waals surface area contributed by atoms with Gasteiger partial charge in [0.15, 0.2) is 0 Å². The van der Waals surface area contributed by atoms with Gasteiger partial charge in [-0.2, -0.15) is 0 Å². The Hall–Kier alpha value is -1.26. The Kier molecular flexibility index (Phi) is 3.38. The number of carbonyl (C=O) groups is 1. The topological polar surface area (TPSA) is 55.1 Å². The molecule has 20 heavy (non-hydrogen) atoms. The van der Waals surface area contributed by atoms with Crippen molar-refractivity contribution in [1.82, 2.24) is 5.32 Å². The molecule has 2 aromatic rings. The second-order valence-corrected chi connectivity index (χ2v) is 6.86. The van der Waals surface area contributed by atoms with Crippen molar-refractivity contribution in [3.05, 3.63) is 28.1 Å². The molecular formula is C15H17ClN2OS. The maximum Gasteiger partial charge on any atom is 0.263 e. The molecule has 3 rings (SSSR count). The molecule has 0 spiro atoms. The first kappa shape index (κ1) is 13.7. The van der Waals surface area contributed by atoms with Crippen LogP contribution in [0.2, 0.25) is 5.02 Å². The van der Waals surface area contributed by atoms with Gasteiger partial charge in [0.1, 0.15) is 4.88 Å². The average Bonchev–Trinajstić information content (AvgIpc) is 2.72. The number of nitrogen functional groups attached to an aromatic ring is 1. The third kappa shape index (κ3) is 2.07. The van der Waals surface area contributed by atoms with E-state index in [-0.39, 0.29) is 11.4 Å². The number of amides is 1. The van der Waals surface area contributed by atoms with Crippen LogP contribution in [0.25, 0.3) is 10.1 Å². The van der Waals surface area contributed by atoms with Crippen LogP contribution in [-0.4, -0.2) is 11.4 Å². The van der Waals surface area contributed by atoms with Crippen LogP contribution >= 0.6 is 22.9 Å². The number of nitrogens with one attached hydrogen (secondary N) is 1. The van der Waals surface area contributed by atoms with Gasteiger partial charge in [-0.05, 0) is 37.8 Å². The van der Waals surface area contributed by atoms with Gasteiger partial charge in [-0.1, -0.05) is 24.6 Å². The summed E-state index contributed by atoms with van der Waals surface area (Å²) in [6, 6.07) is 5.62. The fourth-order valence-corrected chi connectivity index (χ4v) is 4.14. The highest BCUT2D eigenvalue weighted by atomic mass is 35.5. The summed E-state index contributed by atoms with van der Waals surface area (Å²) in [4.78, 5) is 13.1. The van der Waals surface area contributed by atoms with Crippen LogP contribution < -0.4 is 11.1 Å². The summed E-state index contributed by atoms with van der Waals surface area (Å²) < 4.78 is 0.958. The molecular weight excluding hydrogens is 292 g/mol. The molecule has 0 atom stereocenters. The molecule has 1 fully saturated rings. The molecule has 0 bridgehead atoms. The van der Waals surface area contributed by atoms with E-state index in [0.717, 1.165) is 29.3 Å². The lowest BCUT2D eigenvalue weighted by Crippen LogP contribution is -2.52. The van der Waals surface area contributed by atoms with Crippen LogP contribution in [0.1, 0.15) is 42.3 Å². The molecule has 1 saturated carbocycles. The summed E-state index contributed by atoms with van der Waals surface area (Å²) >= 11 is 7.58. The number of benzene rings is 1. The van der Waals surface area contributed by atoms with Crippen LogP contribution in [0.15, 0.2) is 18.2 Å². The van der Waals surface area contributed by atoms with E-state index in [1.165, 1.54) is 17.8 Å². The van der Waals surface area contributed by atoms with Gasteiger partial charge in [0.05, 0.1) is 10.7 Å². The molecule has 5 heteroatoms. The molecule has 3 nitrogen and oxygen atoms in total.